The Kier molecular flexibility index (Phi) is 6.19. The fourth-order valence-electron chi connectivity index (χ4n) is 5.75. The quantitative estimate of drug-likeness (QED) is 0.289. The Morgan fingerprint density at radius 1 is 0.878 bits per heavy atom. The van der Waals surface area contributed by atoms with Crippen LogP contribution in [0.5, 0.6) is 0 Å². The Balaban J connectivity index is 1.19. The van der Waals surface area contributed by atoms with Gasteiger partial charge in [0, 0.05) is 16.5 Å². The minimum atomic E-state index is -0.993. The van der Waals surface area contributed by atoms with Gasteiger partial charge in [-0.25, -0.2) is 9.91 Å². The smallest absolute Gasteiger partial charge is 0.264 e. The highest BCUT2D eigenvalue weighted by Gasteiger charge is 2.55. The summed E-state index contributed by atoms with van der Waals surface area (Å²) < 4.78 is 0.738. The SMILES string of the molecule is O=C1[C@H]2N=NN(CC(=O)N3N=C(c4cccc5ccccc45)C[C@@H]3c3ccccc3)[C@@H]2C(=O)N1c1cccc(Br)c1. The Morgan fingerprint density at radius 2 is 1.63 bits per heavy atom. The number of halogens is 1. The van der Waals surface area contributed by atoms with Crippen LogP contribution in [0.4, 0.5) is 5.69 Å². The van der Waals surface area contributed by atoms with Gasteiger partial charge in [0.1, 0.15) is 6.54 Å². The molecule has 7 rings (SSSR count). The van der Waals surface area contributed by atoms with E-state index >= 15 is 0 Å². The molecule has 202 valence electrons. The Bertz CT molecular complexity index is 1770. The highest BCUT2D eigenvalue weighted by molar-refractivity contribution is 9.10. The molecule has 3 amide bonds. The van der Waals surface area contributed by atoms with Crippen LogP contribution < -0.4 is 4.90 Å². The van der Waals surface area contributed by atoms with Crippen molar-refractivity contribution in [3.05, 3.63) is 113 Å². The van der Waals surface area contributed by atoms with Crippen LogP contribution in [-0.2, 0) is 14.4 Å². The molecular formula is C31H23BrN6O3. The molecule has 3 heterocycles. The van der Waals surface area contributed by atoms with Crippen LogP contribution in [0.3, 0.4) is 0 Å². The molecule has 4 aromatic rings. The fourth-order valence-corrected chi connectivity index (χ4v) is 6.14. The summed E-state index contributed by atoms with van der Waals surface area (Å²) in [5, 5.41) is 18.0. The molecule has 0 bridgehead atoms. The first kappa shape index (κ1) is 25.3. The standard InChI is InChI=1S/C31H23BrN6O3/c32-21-12-7-13-22(16-21)37-30(40)28-29(31(37)41)36(35-33-28)18-27(39)38-26(20-9-2-1-3-10-20)17-25(34-38)24-15-6-11-19-8-4-5-14-23(19)24/h1-16,26,28-29H,17-18H2/t26-,28+,29+/m1/s1. The molecule has 1 saturated heterocycles. The number of amides is 3. The molecule has 0 unspecified atom stereocenters. The van der Waals surface area contributed by atoms with E-state index in [2.05, 4.69) is 44.5 Å². The average Bonchev–Trinajstić information content (AvgIpc) is 3.68. The van der Waals surface area contributed by atoms with Crippen molar-refractivity contribution in [2.75, 3.05) is 11.4 Å². The van der Waals surface area contributed by atoms with Gasteiger partial charge >= 0.3 is 0 Å². The Labute approximate surface area is 243 Å². The zero-order valence-electron chi connectivity index (χ0n) is 21.7. The van der Waals surface area contributed by atoms with Crippen molar-refractivity contribution in [3.63, 3.8) is 0 Å². The number of anilines is 1. The monoisotopic (exact) mass is 606 g/mol. The second kappa shape index (κ2) is 10.0. The van der Waals surface area contributed by atoms with E-state index in [1.807, 2.05) is 60.7 Å². The van der Waals surface area contributed by atoms with Gasteiger partial charge in [0.25, 0.3) is 17.7 Å². The second-order valence-corrected chi connectivity index (χ2v) is 11.0. The molecule has 3 atom stereocenters. The Hall–Kier alpha value is -4.70. The number of carbonyl (C=O) groups excluding carboxylic acids is 3. The highest BCUT2D eigenvalue weighted by Crippen LogP contribution is 2.36. The highest BCUT2D eigenvalue weighted by atomic mass is 79.9. The predicted molar refractivity (Wildman–Crippen MR) is 157 cm³/mol. The molecule has 41 heavy (non-hydrogen) atoms. The van der Waals surface area contributed by atoms with Gasteiger partial charge in [-0.3, -0.25) is 19.4 Å². The lowest BCUT2D eigenvalue weighted by Gasteiger charge is -2.25. The van der Waals surface area contributed by atoms with Gasteiger partial charge in [0.15, 0.2) is 12.1 Å². The molecule has 4 aromatic carbocycles. The number of imide groups is 1. The van der Waals surface area contributed by atoms with E-state index < -0.39 is 23.9 Å². The van der Waals surface area contributed by atoms with Crippen LogP contribution in [0.15, 0.2) is 117 Å². The average molecular weight is 607 g/mol. The third-order valence-electron chi connectivity index (χ3n) is 7.67. The summed E-state index contributed by atoms with van der Waals surface area (Å²) in [7, 11) is 0. The molecule has 0 spiro atoms. The third-order valence-corrected chi connectivity index (χ3v) is 8.17. The molecule has 3 aliphatic heterocycles. The Morgan fingerprint density at radius 3 is 2.46 bits per heavy atom. The molecule has 0 radical (unpaired) electrons. The minimum Gasteiger partial charge on any atom is -0.271 e. The number of hydrazone groups is 1. The van der Waals surface area contributed by atoms with Crippen LogP contribution >= 0.6 is 15.9 Å². The van der Waals surface area contributed by atoms with Gasteiger partial charge in [0.05, 0.1) is 17.4 Å². The number of benzene rings is 4. The first-order valence-corrected chi connectivity index (χ1v) is 14.0. The summed E-state index contributed by atoms with van der Waals surface area (Å²) in [6.45, 7) is -0.244. The first-order valence-electron chi connectivity index (χ1n) is 13.2. The maximum Gasteiger partial charge on any atom is 0.264 e. The van der Waals surface area contributed by atoms with Gasteiger partial charge in [-0.15, -0.1) is 0 Å². The second-order valence-electron chi connectivity index (χ2n) is 10.1. The third kappa shape index (κ3) is 4.31. The van der Waals surface area contributed by atoms with E-state index in [9.17, 15) is 14.4 Å². The van der Waals surface area contributed by atoms with Crippen LogP contribution in [0.25, 0.3) is 10.8 Å². The summed E-state index contributed by atoms with van der Waals surface area (Å²) in [4.78, 5) is 41.6. The van der Waals surface area contributed by atoms with Crippen LogP contribution in [0.1, 0.15) is 23.6 Å². The molecule has 0 N–H and O–H groups in total. The van der Waals surface area contributed by atoms with Crippen LogP contribution in [0, 0.1) is 0 Å². The summed E-state index contributed by atoms with van der Waals surface area (Å²) in [5.41, 5.74) is 3.17. The molecule has 1 fully saturated rings. The molecule has 9 nitrogen and oxygen atoms in total. The topological polar surface area (TPSA) is 98.0 Å². The minimum absolute atomic E-state index is 0.244. The number of nitrogens with zero attached hydrogens (tertiary/aromatic N) is 6. The van der Waals surface area contributed by atoms with Gasteiger partial charge in [-0.1, -0.05) is 100 Å². The van der Waals surface area contributed by atoms with Crippen molar-refractivity contribution in [2.24, 2.45) is 15.4 Å². The molecular weight excluding hydrogens is 584 g/mol. The lowest BCUT2D eigenvalue weighted by molar-refractivity contribution is -0.135. The molecule has 10 heteroatoms. The lowest BCUT2D eigenvalue weighted by Crippen LogP contribution is -2.44. The zero-order chi connectivity index (χ0) is 28.1. The van der Waals surface area contributed by atoms with Crippen LogP contribution in [-0.4, -0.2) is 52.1 Å². The van der Waals surface area contributed by atoms with E-state index in [-0.39, 0.29) is 18.5 Å². The van der Waals surface area contributed by atoms with E-state index in [0.29, 0.717) is 12.1 Å². The number of fused-ring (bicyclic) bond motifs is 2. The normalized spacial score (nSPS) is 21.6. The van der Waals surface area contributed by atoms with Crippen LogP contribution in [0.2, 0.25) is 0 Å². The van der Waals surface area contributed by atoms with E-state index in [1.54, 1.807) is 18.2 Å². The van der Waals surface area contributed by atoms with Crippen molar-refractivity contribution < 1.29 is 14.4 Å². The number of rotatable bonds is 5. The largest absolute Gasteiger partial charge is 0.271 e. The van der Waals surface area contributed by atoms with E-state index in [4.69, 9.17) is 5.10 Å². The summed E-state index contributed by atoms with van der Waals surface area (Å²) in [6, 6.07) is 28.6. The first-order chi connectivity index (χ1) is 20.0. The predicted octanol–water partition coefficient (Wildman–Crippen LogP) is 5.27. The van der Waals surface area contributed by atoms with Crippen molar-refractivity contribution >= 4 is 55.8 Å². The molecule has 0 saturated carbocycles. The summed E-state index contributed by atoms with van der Waals surface area (Å²) in [5.74, 6) is -1.26. The maximum atomic E-state index is 13.9. The van der Waals surface area contributed by atoms with E-state index in [0.717, 1.165) is 37.0 Å². The molecule has 0 aliphatic carbocycles. The van der Waals surface area contributed by atoms with Crippen molar-refractivity contribution in [1.29, 1.82) is 0 Å². The van der Waals surface area contributed by atoms with Gasteiger partial charge < -0.3 is 0 Å². The summed E-state index contributed by atoms with van der Waals surface area (Å²) in [6.07, 6.45) is 0.533. The van der Waals surface area contributed by atoms with Gasteiger partial charge in [0.2, 0.25) is 0 Å². The zero-order valence-corrected chi connectivity index (χ0v) is 23.3. The maximum absolute atomic E-state index is 13.9. The number of carbonyl (C=O) groups is 3. The summed E-state index contributed by atoms with van der Waals surface area (Å²) >= 11 is 3.39. The van der Waals surface area contributed by atoms with Gasteiger partial charge in [-0.05, 0) is 34.5 Å². The number of hydrogen-bond acceptors (Lipinski definition) is 7. The van der Waals surface area contributed by atoms with Crippen molar-refractivity contribution in [1.82, 2.24) is 10.0 Å². The van der Waals surface area contributed by atoms with Crippen molar-refractivity contribution in [3.8, 4) is 0 Å². The molecule has 0 aromatic heterocycles. The number of hydrogen-bond donors (Lipinski definition) is 0. The van der Waals surface area contributed by atoms with E-state index in [1.165, 1.54) is 10.0 Å². The van der Waals surface area contributed by atoms with Crippen molar-refractivity contribution in [2.45, 2.75) is 24.5 Å². The fraction of sp³-hybridized carbons (Fsp3) is 0.161. The lowest BCUT2D eigenvalue weighted by atomic mass is 9.95. The van der Waals surface area contributed by atoms with Gasteiger partial charge in [-0.2, -0.15) is 10.2 Å². The molecule has 3 aliphatic rings.